The summed E-state index contributed by atoms with van der Waals surface area (Å²) in [4.78, 5) is 35.3. The summed E-state index contributed by atoms with van der Waals surface area (Å²) < 4.78 is 79.3. The molecular formula is C36H38F3N7O4S. The first-order chi connectivity index (χ1) is 24.0. The fraction of sp³-hybridized carbons (Fsp3) is 0.417. The van der Waals surface area contributed by atoms with E-state index in [1.807, 2.05) is 32.0 Å². The maximum atomic E-state index is 14.5. The summed E-state index contributed by atoms with van der Waals surface area (Å²) in [5, 5.41) is 0. The first kappa shape index (κ1) is 34.6. The molecule has 15 heteroatoms. The van der Waals surface area contributed by atoms with Gasteiger partial charge in [0.25, 0.3) is 15.9 Å². The smallest absolute Gasteiger partial charge is 0.394 e. The quantitative estimate of drug-likeness (QED) is 0.243. The number of halogens is 3. The van der Waals surface area contributed by atoms with Gasteiger partial charge in [0, 0.05) is 30.3 Å². The minimum atomic E-state index is -4.51. The first-order valence-electron chi connectivity index (χ1n) is 16.7. The van der Waals surface area contributed by atoms with E-state index in [0.29, 0.717) is 5.69 Å². The SMILES string of the molecule is Cc1cccc(C)c1-c1cc2nc(n1)NS(=O)(=O)c1cccc(c1)C(=O)N(Cc1ncc(N3CC(C)(C)C3)cn1)[C@H](CC1(C(F)(F)F)CC1)CO2. The van der Waals surface area contributed by atoms with Crippen LogP contribution in [0.4, 0.5) is 24.8 Å². The average molecular weight is 722 g/mol. The third-order valence-corrected chi connectivity index (χ3v) is 11.2. The number of nitrogens with zero attached hydrogens (tertiary/aromatic N) is 6. The van der Waals surface area contributed by atoms with Crippen LogP contribution in [0.3, 0.4) is 0 Å². The number of benzene rings is 2. The third-order valence-electron chi connectivity index (χ3n) is 9.87. The fourth-order valence-corrected chi connectivity index (χ4v) is 7.95. The molecule has 1 atom stereocenters. The second-order valence-electron chi connectivity index (χ2n) is 14.6. The largest absolute Gasteiger partial charge is 0.475 e. The minimum absolute atomic E-state index is 0.0396. The van der Waals surface area contributed by atoms with Crippen LogP contribution in [0.15, 0.2) is 65.8 Å². The predicted molar refractivity (Wildman–Crippen MR) is 184 cm³/mol. The van der Waals surface area contributed by atoms with E-state index in [1.54, 1.807) is 12.4 Å². The molecule has 4 bridgehead atoms. The third kappa shape index (κ3) is 6.95. The highest BCUT2D eigenvalue weighted by Crippen LogP contribution is 2.61. The van der Waals surface area contributed by atoms with Crippen molar-refractivity contribution < 1.29 is 31.1 Å². The first-order valence-corrected chi connectivity index (χ1v) is 18.2. The molecule has 7 rings (SSSR count). The van der Waals surface area contributed by atoms with Crippen molar-refractivity contribution in [3.05, 3.63) is 83.4 Å². The van der Waals surface area contributed by atoms with Gasteiger partial charge in [-0.3, -0.25) is 4.79 Å². The molecule has 3 aliphatic rings. The number of carbonyl (C=O) groups is 1. The van der Waals surface area contributed by atoms with Gasteiger partial charge in [-0.25, -0.2) is 28.1 Å². The van der Waals surface area contributed by atoms with E-state index in [0.717, 1.165) is 35.5 Å². The van der Waals surface area contributed by atoms with Crippen molar-refractivity contribution in [1.29, 1.82) is 0 Å². The fourth-order valence-electron chi connectivity index (χ4n) is 6.96. The molecule has 1 amide bonds. The molecule has 0 spiro atoms. The maximum absolute atomic E-state index is 14.5. The summed E-state index contributed by atoms with van der Waals surface area (Å²) in [5.74, 6) is -0.838. The molecule has 0 unspecified atom stereocenters. The number of hydrogen-bond donors (Lipinski definition) is 1. The van der Waals surface area contributed by atoms with Crippen molar-refractivity contribution in [2.24, 2.45) is 10.8 Å². The number of amides is 1. The minimum Gasteiger partial charge on any atom is -0.475 e. The standard InChI is InChI=1S/C36H38F3N7O4S/c1-22-7-5-8-23(2)31(22)28-14-30-43-33(42-28)44-51(48,49)27-10-6-9-24(13-27)32(47)46(25(19-50-30)15-35(11-12-35)36(37,38)39)18-29-40-16-26(17-41-29)45-20-34(3,4)21-45/h5-10,13-14,16-17,25H,11-12,15,18-21H2,1-4H3,(H,42,43,44)/t25-/m1/s1. The number of aromatic nitrogens is 4. The van der Waals surface area contributed by atoms with Gasteiger partial charge in [-0.1, -0.05) is 38.1 Å². The molecule has 4 aromatic rings. The van der Waals surface area contributed by atoms with Crippen LogP contribution in [-0.2, 0) is 16.6 Å². The molecule has 2 fully saturated rings. The van der Waals surface area contributed by atoms with Crippen LogP contribution < -0.4 is 14.4 Å². The lowest BCUT2D eigenvalue weighted by atomic mass is 9.84. The molecule has 1 saturated carbocycles. The summed E-state index contributed by atoms with van der Waals surface area (Å²) >= 11 is 0. The Morgan fingerprint density at radius 2 is 1.65 bits per heavy atom. The van der Waals surface area contributed by atoms with Crippen molar-refractivity contribution in [1.82, 2.24) is 24.8 Å². The number of sulfonamides is 1. The van der Waals surface area contributed by atoms with Crippen LogP contribution >= 0.6 is 0 Å². The van der Waals surface area contributed by atoms with Gasteiger partial charge in [-0.2, -0.15) is 18.2 Å². The molecule has 2 aliphatic heterocycles. The van der Waals surface area contributed by atoms with Crippen LogP contribution in [0.5, 0.6) is 5.88 Å². The Kier molecular flexibility index (Phi) is 8.47. The molecule has 2 aromatic heterocycles. The van der Waals surface area contributed by atoms with Crippen LogP contribution in [0.1, 0.15) is 60.4 Å². The van der Waals surface area contributed by atoms with Crippen LogP contribution in [0.25, 0.3) is 11.3 Å². The second-order valence-corrected chi connectivity index (χ2v) is 16.3. The zero-order chi connectivity index (χ0) is 36.3. The van der Waals surface area contributed by atoms with Gasteiger partial charge in [0.05, 0.1) is 46.7 Å². The Hall–Kier alpha value is -4.79. The van der Waals surface area contributed by atoms with Crippen molar-refractivity contribution in [2.45, 2.75) is 70.6 Å². The van der Waals surface area contributed by atoms with E-state index in [-0.39, 0.29) is 59.5 Å². The highest BCUT2D eigenvalue weighted by atomic mass is 32.2. The van der Waals surface area contributed by atoms with Crippen LogP contribution in [0, 0.1) is 24.7 Å². The van der Waals surface area contributed by atoms with Gasteiger partial charge in [-0.15, -0.1) is 0 Å². The molecule has 51 heavy (non-hydrogen) atoms. The van der Waals surface area contributed by atoms with Crippen LogP contribution in [-0.4, -0.2) is 71.1 Å². The van der Waals surface area contributed by atoms with Gasteiger partial charge in [-0.05, 0) is 67.9 Å². The van der Waals surface area contributed by atoms with Crippen LogP contribution in [0.2, 0.25) is 0 Å². The zero-order valence-corrected chi connectivity index (χ0v) is 29.5. The van der Waals surface area contributed by atoms with E-state index < -0.39 is 40.0 Å². The number of nitrogens with one attached hydrogen (secondary N) is 1. The normalized spacial score (nSPS) is 20.5. The van der Waals surface area contributed by atoms with Crippen molar-refractivity contribution >= 4 is 27.6 Å². The number of aryl methyl sites for hydroxylation is 2. The number of ether oxygens (including phenoxy) is 1. The lowest BCUT2D eigenvalue weighted by Crippen LogP contribution is -2.53. The summed E-state index contributed by atoms with van der Waals surface area (Å²) in [6, 6.07) is 11.4. The molecule has 1 saturated heterocycles. The van der Waals surface area contributed by atoms with E-state index in [2.05, 4.69) is 43.4 Å². The van der Waals surface area contributed by atoms with Crippen molar-refractivity contribution in [2.75, 3.05) is 29.3 Å². The zero-order valence-electron chi connectivity index (χ0n) is 28.7. The Morgan fingerprint density at radius 1 is 0.980 bits per heavy atom. The Morgan fingerprint density at radius 3 is 2.27 bits per heavy atom. The summed E-state index contributed by atoms with van der Waals surface area (Å²) in [6.07, 6.45) is -1.84. The molecule has 11 nitrogen and oxygen atoms in total. The van der Waals surface area contributed by atoms with Crippen molar-refractivity contribution in [3.63, 3.8) is 0 Å². The van der Waals surface area contributed by atoms with Crippen molar-refractivity contribution in [3.8, 4) is 17.1 Å². The highest BCUT2D eigenvalue weighted by molar-refractivity contribution is 7.92. The number of rotatable bonds is 6. The topological polar surface area (TPSA) is 131 Å². The van der Waals surface area contributed by atoms with E-state index in [1.165, 1.54) is 35.2 Å². The number of hydrogen-bond acceptors (Lipinski definition) is 9. The molecule has 4 heterocycles. The Labute approximate surface area is 294 Å². The predicted octanol–water partition coefficient (Wildman–Crippen LogP) is 6.33. The number of carbonyl (C=O) groups excluding carboxylic acids is 1. The number of fused-ring (bicyclic) bond motifs is 4. The highest BCUT2D eigenvalue weighted by Gasteiger charge is 2.64. The lowest BCUT2D eigenvalue weighted by molar-refractivity contribution is -0.192. The molecule has 2 aromatic carbocycles. The summed E-state index contributed by atoms with van der Waals surface area (Å²) in [6.45, 7) is 9.10. The van der Waals surface area contributed by atoms with Gasteiger partial charge in [0.2, 0.25) is 11.8 Å². The van der Waals surface area contributed by atoms with E-state index in [9.17, 15) is 26.4 Å². The molecule has 268 valence electrons. The Bertz CT molecular complexity index is 2080. The maximum Gasteiger partial charge on any atom is 0.394 e. The monoisotopic (exact) mass is 721 g/mol. The Balaban J connectivity index is 1.32. The van der Waals surface area contributed by atoms with E-state index in [4.69, 9.17) is 4.74 Å². The van der Waals surface area contributed by atoms with Gasteiger partial charge < -0.3 is 14.5 Å². The summed E-state index contributed by atoms with van der Waals surface area (Å²) in [7, 11) is -4.33. The second kappa shape index (κ2) is 12.5. The summed E-state index contributed by atoms with van der Waals surface area (Å²) in [5.41, 5.74) is 1.72. The molecule has 0 radical (unpaired) electrons. The van der Waals surface area contributed by atoms with Gasteiger partial charge in [0.15, 0.2) is 0 Å². The molecule has 1 N–H and O–H groups in total. The van der Waals surface area contributed by atoms with E-state index >= 15 is 0 Å². The number of alkyl halides is 3. The van der Waals surface area contributed by atoms with Gasteiger partial charge >= 0.3 is 6.18 Å². The van der Waals surface area contributed by atoms with Gasteiger partial charge in [0.1, 0.15) is 12.4 Å². The molecule has 1 aliphatic carbocycles. The molecular weight excluding hydrogens is 684 g/mol. The number of anilines is 2. The average Bonchev–Trinajstić information content (AvgIpc) is 3.85. The lowest BCUT2D eigenvalue weighted by Gasteiger charge is -2.47.